The maximum Gasteiger partial charge on any atom is 0.326 e. The number of primary amides is 1. The van der Waals surface area contributed by atoms with Crippen LogP contribution >= 0.6 is 0 Å². The van der Waals surface area contributed by atoms with Crippen molar-refractivity contribution in [1.29, 1.82) is 0 Å². The van der Waals surface area contributed by atoms with Crippen molar-refractivity contribution in [3.8, 4) is 0 Å². The summed E-state index contributed by atoms with van der Waals surface area (Å²) in [7, 11) is 0. The molecule has 1 rings (SSSR count). The standard InChI is InChI=1S/C26H42N6O11/c1-3-13(2)21(32-22(38)14-5-4-12-28-14)25(41)30-15(6-9-18(27)33)23(39)29-16(7-10-19(34)35)24(40)31-17(26(42)43)8-11-20(36)37/h13-17,21,28H,3-12H2,1-2H3,(H2,27,33)(H,29,39)(H,30,41)(H,31,40)(H,32,38)(H,34,35)(H,36,37)(H,42,43)/t13-,14-,15-,16-,17-,21-/m0/s1. The Hall–Kier alpha value is -4.28. The molecule has 0 unspecified atom stereocenters. The first-order valence-electron chi connectivity index (χ1n) is 14.1. The number of hydrogen-bond donors (Lipinski definition) is 9. The van der Waals surface area contributed by atoms with Crippen molar-refractivity contribution in [2.75, 3.05) is 6.54 Å². The number of nitrogens with one attached hydrogen (secondary N) is 5. The zero-order chi connectivity index (χ0) is 32.7. The second-order valence-electron chi connectivity index (χ2n) is 10.4. The predicted molar refractivity (Wildman–Crippen MR) is 148 cm³/mol. The molecular weight excluding hydrogens is 572 g/mol. The van der Waals surface area contributed by atoms with Gasteiger partial charge in [0.15, 0.2) is 0 Å². The Morgan fingerprint density at radius 3 is 1.70 bits per heavy atom. The summed E-state index contributed by atoms with van der Waals surface area (Å²) in [4.78, 5) is 97.3. The molecule has 0 spiro atoms. The second kappa shape index (κ2) is 18.3. The maximum atomic E-state index is 13.3. The Kier molecular flexibility index (Phi) is 15.6. The molecule has 6 atom stereocenters. The van der Waals surface area contributed by atoms with Gasteiger partial charge in [-0.2, -0.15) is 0 Å². The Morgan fingerprint density at radius 1 is 0.767 bits per heavy atom. The van der Waals surface area contributed by atoms with Crippen LogP contribution in [0.25, 0.3) is 0 Å². The van der Waals surface area contributed by atoms with Gasteiger partial charge < -0.3 is 47.6 Å². The van der Waals surface area contributed by atoms with Crippen LogP contribution in [0.3, 0.4) is 0 Å². The van der Waals surface area contributed by atoms with Crippen molar-refractivity contribution < 1.29 is 53.7 Å². The topological polar surface area (TPSA) is 283 Å². The molecule has 0 aromatic heterocycles. The quantitative estimate of drug-likeness (QED) is 0.0706. The van der Waals surface area contributed by atoms with E-state index in [0.717, 1.165) is 6.42 Å². The number of aliphatic carboxylic acids is 3. The number of nitrogens with two attached hydrogens (primary N) is 1. The Bertz CT molecular complexity index is 1050. The molecule has 17 nitrogen and oxygen atoms in total. The molecule has 0 radical (unpaired) electrons. The summed E-state index contributed by atoms with van der Waals surface area (Å²) in [5.41, 5.74) is 5.23. The molecule has 0 aliphatic carbocycles. The lowest BCUT2D eigenvalue weighted by atomic mass is 9.97. The highest BCUT2D eigenvalue weighted by Gasteiger charge is 2.34. The third-order valence-electron chi connectivity index (χ3n) is 7.02. The van der Waals surface area contributed by atoms with Crippen molar-refractivity contribution in [2.24, 2.45) is 11.7 Å². The lowest BCUT2D eigenvalue weighted by Gasteiger charge is -2.28. The first-order chi connectivity index (χ1) is 20.2. The van der Waals surface area contributed by atoms with Gasteiger partial charge >= 0.3 is 17.9 Å². The van der Waals surface area contributed by atoms with Crippen molar-refractivity contribution >= 4 is 47.4 Å². The van der Waals surface area contributed by atoms with E-state index in [2.05, 4.69) is 26.6 Å². The third kappa shape index (κ3) is 13.5. The fraction of sp³-hybridized carbons (Fsp3) is 0.692. The number of hydrogen-bond acceptors (Lipinski definition) is 9. The number of carbonyl (C=O) groups is 8. The van der Waals surface area contributed by atoms with Gasteiger partial charge in [0.05, 0.1) is 6.04 Å². The van der Waals surface area contributed by atoms with E-state index in [0.29, 0.717) is 19.4 Å². The molecule has 1 fully saturated rings. The van der Waals surface area contributed by atoms with Crippen LogP contribution in [0.15, 0.2) is 0 Å². The van der Waals surface area contributed by atoms with Crippen LogP contribution in [-0.2, 0) is 38.4 Å². The zero-order valence-corrected chi connectivity index (χ0v) is 24.2. The molecule has 43 heavy (non-hydrogen) atoms. The molecule has 0 bridgehead atoms. The van der Waals surface area contributed by atoms with Crippen LogP contribution in [-0.4, -0.2) is 99.5 Å². The number of carboxylic acid groups (broad SMARTS) is 3. The normalized spacial score (nSPS) is 17.8. The molecular formula is C26H42N6O11. The van der Waals surface area contributed by atoms with Gasteiger partial charge in [0.1, 0.15) is 24.2 Å². The van der Waals surface area contributed by atoms with Gasteiger partial charge in [0.25, 0.3) is 0 Å². The van der Waals surface area contributed by atoms with E-state index in [4.69, 9.17) is 15.9 Å². The molecule has 0 saturated carbocycles. The van der Waals surface area contributed by atoms with E-state index < -0.39 is 103 Å². The monoisotopic (exact) mass is 614 g/mol. The molecule has 1 aliphatic heterocycles. The summed E-state index contributed by atoms with van der Waals surface area (Å²) in [5.74, 6) is -8.56. The Balaban J connectivity index is 3.15. The second-order valence-corrected chi connectivity index (χ2v) is 10.4. The Labute approximate surface area is 248 Å². The number of amides is 5. The molecule has 10 N–H and O–H groups in total. The fourth-order valence-corrected chi connectivity index (χ4v) is 4.29. The summed E-state index contributed by atoms with van der Waals surface area (Å²) < 4.78 is 0. The van der Waals surface area contributed by atoms with Gasteiger partial charge in [0, 0.05) is 19.3 Å². The molecule has 0 aromatic carbocycles. The summed E-state index contributed by atoms with van der Waals surface area (Å²) in [6.45, 7) is 4.17. The van der Waals surface area contributed by atoms with Crippen LogP contribution in [0.1, 0.15) is 71.6 Å². The highest BCUT2D eigenvalue weighted by molar-refractivity contribution is 5.96. The summed E-state index contributed by atoms with van der Waals surface area (Å²) in [5, 5.41) is 39.9. The van der Waals surface area contributed by atoms with Gasteiger partial charge in [-0.1, -0.05) is 20.3 Å². The van der Waals surface area contributed by atoms with Gasteiger partial charge in [-0.25, -0.2) is 4.79 Å². The van der Waals surface area contributed by atoms with E-state index in [1.165, 1.54) is 0 Å². The number of carbonyl (C=O) groups excluding carboxylic acids is 5. The van der Waals surface area contributed by atoms with Gasteiger partial charge in [-0.05, 0) is 44.6 Å². The minimum absolute atomic E-state index is 0.304. The largest absolute Gasteiger partial charge is 0.481 e. The predicted octanol–water partition coefficient (Wildman–Crippen LogP) is -2.20. The summed E-state index contributed by atoms with van der Waals surface area (Å²) in [6.07, 6.45) is -0.953. The number of carboxylic acids is 3. The van der Waals surface area contributed by atoms with Gasteiger partial charge in [0.2, 0.25) is 29.5 Å². The van der Waals surface area contributed by atoms with E-state index in [1.807, 2.05) is 0 Å². The first kappa shape index (κ1) is 36.7. The molecule has 1 saturated heterocycles. The smallest absolute Gasteiger partial charge is 0.326 e. The van der Waals surface area contributed by atoms with Crippen LogP contribution < -0.4 is 32.3 Å². The van der Waals surface area contributed by atoms with Gasteiger partial charge in [-0.3, -0.25) is 33.6 Å². The molecule has 1 aliphatic rings. The van der Waals surface area contributed by atoms with Crippen molar-refractivity contribution in [1.82, 2.24) is 26.6 Å². The summed E-state index contributed by atoms with van der Waals surface area (Å²) >= 11 is 0. The van der Waals surface area contributed by atoms with Crippen LogP contribution in [0, 0.1) is 5.92 Å². The average molecular weight is 615 g/mol. The molecule has 242 valence electrons. The molecule has 5 amide bonds. The SMILES string of the molecule is CC[C@H](C)[C@H](NC(=O)[C@@H]1CCCN1)C(=O)N[C@@H](CCC(N)=O)C(=O)N[C@@H](CCC(=O)O)C(=O)N[C@@H](CCC(=O)O)C(=O)O. The first-order valence-corrected chi connectivity index (χ1v) is 14.1. The van der Waals surface area contributed by atoms with Gasteiger partial charge in [-0.15, -0.1) is 0 Å². The number of rotatable bonds is 20. The van der Waals surface area contributed by atoms with E-state index in [-0.39, 0.29) is 18.8 Å². The lowest BCUT2D eigenvalue weighted by Crippen LogP contribution is -2.59. The minimum Gasteiger partial charge on any atom is -0.481 e. The van der Waals surface area contributed by atoms with Crippen LogP contribution in [0.5, 0.6) is 0 Å². The highest BCUT2D eigenvalue weighted by atomic mass is 16.4. The maximum absolute atomic E-state index is 13.3. The fourth-order valence-electron chi connectivity index (χ4n) is 4.29. The lowest BCUT2D eigenvalue weighted by molar-refractivity contribution is -0.144. The molecule has 17 heteroatoms. The molecule has 0 aromatic rings. The van der Waals surface area contributed by atoms with E-state index in [1.54, 1.807) is 13.8 Å². The average Bonchev–Trinajstić information content (AvgIpc) is 3.48. The Morgan fingerprint density at radius 2 is 1.26 bits per heavy atom. The highest BCUT2D eigenvalue weighted by Crippen LogP contribution is 2.12. The van der Waals surface area contributed by atoms with E-state index >= 15 is 0 Å². The van der Waals surface area contributed by atoms with Crippen molar-refractivity contribution in [3.05, 3.63) is 0 Å². The van der Waals surface area contributed by atoms with E-state index in [9.17, 15) is 43.5 Å². The van der Waals surface area contributed by atoms with Crippen LogP contribution in [0.2, 0.25) is 0 Å². The van der Waals surface area contributed by atoms with Crippen LogP contribution in [0.4, 0.5) is 0 Å². The van der Waals surface area contributed by atoms with Crippen molar-refractivity contribution in [2.45, 2.75) is 102 Å². The summed E-state index contributed by atoms with van der Waals surface area (Å²) in [6, 6.07) is -6.22. The molecule has 1 heterocycles. The third-order valence-corrected chi connectivity index (χ3v) is 7.02. The zero-order valence-electron chi connectivity index (χ0n) is 24.2. The minimum atomic E-state index is -1.65. The van der Waals surface area contributed by atoms with Crippen molar-refractivity contribution in [3.63, 3.8) is 0 Å².